The summed E-state index contributed by atoms with van der Waals surface area (Å²) in [5, 5.41) is 2.81. The minimum absolute atomic E-state index is 0.0752. The van der Waals surface area contributed by atoms with Crippen molar-refractivity contribution in [2.24, 2.45) is 0 Å². The van der Waals surface area contributed by atoms with Gasteiger partial charge >= 0.3 is 0 Å². The second-order valence-corrected chi connectivity index (χ2v) is 4.45. The van der Waals surface area contributed by atoms with Gasteiger partial charge in [-0.1, -0.05) is 0 Å². The monoisotopic (exact) mass is 237 g/mol. The van der Waals surface area contributed by atoms with Gasteiger partial charge in [-0.15, -0.1) is 0 Å². The molecule has 5 nitrogen and oxygen atoms in total. The lowest BCUT2D eigenvalue weighted by atomic mass is 10.3. The first-order valence-corrected chi connectivity index (χ1v) is 6.00. The number of hydrogen-bond acceptors (Lipinski definition) is 3. The Morgan fingerprint density at radius 3 is 3.06 bits per heavy atom. The molecule has 1 aromatic heterocycles. The maximum absolute atomic E-state index is 11.2. The van der Waals surface area contributed by atoms with Crippen LogP contribution in [0.1, 0.15) is 30.4 Å². The molecule has 94 valence electrons. The lowest BCUT2D eigenvalue weighted by Crippen LogP contribution is -2.29. The molecule has 0 aromatic carbocycles. The molecule has 1 fully saturated rings. The Labute approximate surface area is 101 Å². The molecule has 1 heterocycles. The summed E-state index contributed by atoms with van der Waals surface area (Å²) >= 11 is 0. The molecule has 0 bridgehead atoms. The predicted octanol–water partition coefficient (Wildman–Crippen LogP) is 0.832. The normalized spacial score (nSPS) is 14.9. The number of nitrogens with one attached hydrogen (secondary N) is 1. The standard InChI is InChI=1S/C12H19N3O2/c1-9-7-14-11(15(9)10-3-4-10)5-6-13-12(16)8-17-2/h7,10H,3-6,8H2,1-2H3,(H,13,16). The van der Waals surface area contributed by atoms with E-state index in [1.165, 1.54) is 25.6 Å². The quantitative estimate of drug-likeness (QED) is 0.797. The molecule has 1 aliphatic carbocycles. The van der Waals surface area contributed by atoms with E-state index in [1.54, 1.807) is 0 Å². The Hall–Kier alpha value is -1.36. The molecule has 1 aromatic rings. The van der Waals surface area contributed by atoms with Crippen LogP contribution < -0.4 is 5.32 Å². The highest BCUT2D eigenvalue weighted by atomic mass is 16.5. The van der Waals surface area contributed by atoms with Crippen LogP contribution in [-0.2, 0) is 16.0 Å². The second-order valence-electron chi connectivity index (χ2n) is 4.45. The minimum Gasteiger partial charge on any atom is -0.375 e. The van der Waals surface area contributed by atoms with E-state index in [0.29, 0.717) is 12.6 Å². The molecule has 1 saturated carbocycles. The fourth-order valence-corrected chi connectivity index (χ4v) is 2.01. The van der Waals surface area contributed by atoms with E-state index < -0.39 is 0 Å². The SMILES string of the molecule is COCC(=O)NCCc1ncc(C)n1C1CC1. The zero-order valence-corrected chi connectivity index (χ0v) is 10.4. The topological polar surface area (TPSA) is 56.1 Å². The second kappa shape index (κ2) is 5.31. The summed E-state index contributed by atoms with van der Waals surface area (Å²) in [6, 6.07) is 0.641. The van der Waals surface area contributed by atoms with E-state index in [4.69, 9.17) is 4.74 Å². The molecular formula is C12H19N3O2. The number of rotatable bonds is 6. The van der Waals surface area contributed by atoms with Crippen molar-refractivity contribution in [1.82, 2.24) is 14.9 Å². The Morgan fingerprint density at radius 2 is 2.41 bits per heavy atom. The number of aromatic nitrogens is 2. The molecule has 1 N–H and O–H groups in total. The molecule has 0 unspecified atom stereocenters. The number of carbonyl (C=O) groups excluding carboxylic acids is 1. The van der Waals surface area contributed by atoms with Crippen LogP contribution in [0.15, 0.2) is 6.20 Å². The Kier molecular flexibility index (Phi) is 3.78. The van der Waals surface area contributed by atoms with Crippen LogP contribution in [0.2, 0.25) is 0 Å². The number of carbonyl (C=O) groups is 1. The highest BCUT2D eigenvalue weighted by Gasteiger charge is 2.26. The lowest BCUT2D eigenvalue weighted by molar-refractivity contribution is -0.124. The number of amides is 1. The maximum atomic E-state index is 11.2. The van der Waals surface area contributed by atoms with Crippen molar-refractivity contribution >= 4 is 5.91 Å². The maximum Gasteiger partial charge on any atom is 0.245 e. The lowest BCUT2D eigenvalue weighted by Gasteiger charge is -2.09. The molecule has 5 heteroatoms. The molecule has 1 aliphatic rings. The highest BCUT2D eigenvalue weighted by Crippen LogP contribution is 2.36. The summed E-state index contributed by atoms with van der Waals surface area (Å²) in [4.78, 5) is 15.6. The van der Waals surface area contributed by atoms with E-state index in [2.05, 4.69) is 21.8 Å². The first-order valence-electron chi connectivity index (χ1n) is 6.00. The fourth-order valence-electron chi connectivity index (χ4n) is 2.01. The van der Waals surface area contributed by atoms with E-state index in [1.807, 2.05) is 6.20 Å². The van der Waals surface area contributed by atoms with Crippen molar-refractivity contribution in [3.63, 3.8) is 0 Å². The average molecular weight is 237 g/mol. The third-order valence-electron chi connectivity index (χ3n) is 2.92. The summed E-state index contributed by atoms with van der Waals surface area (Å²) in [5.41, 5.74) is 1.21. The predicted molar refractivity (Wildman–Crippen MR) is 63.8 cm³/mol. The van der Waals surface area contributed by atoms with Gasteiger partial charge in [-0.25, -0.2) is 4.98 Å². The van der Waals surface area contributed by atoms with Gasteiger partial charge in [-0.05, 0) is 19.8 Å². The van der Waals surface area contributed by atoms with Gasteiger partial charge in [-0.2, -0.15) is 0 Å². The zero-order valence-electron chi connectivity index (χ0n) is 10.4. The first kappa shape index (κ1) is 12.1. The Morgan fingerprint density at radius 1 is 1.65 bits per heavy atom. The Bertz CT molecular complexity index is 396. The summed E-state index contributed by atoms with van der Waals surface area (Å²) in [7, 11) is 1.52. The van der Waals surface area contributed by atoms with Crippen molar-refractivity contribution in [2.45, 2.75) is 32.2 Å². The van der Waals surface area contributed by atoms with Gasteiger partial charge in [0.05, 0.1) is 0 Å². The van der Waals surface area contributed by atoms with Gasteiger partial charge in [0.2, 0.25) is 5.91 Å². The minimum atomic E-state index is -0.0752. The van der Waals surface area contributed by atoms with Crippen LogP contribution in [0.3, 0.4) is 0 Å². The van der Waals surface area contributed by atoms with E-state index in [-0.39, 0.29) is 12.5 Å². The van der Waals surface area contributed by atoms with Crippen LogP contribution in [0.5, 0.6) is 0 Å². The molecular weight excluding hydrogens is 218 g/mol. The molecule has 0 aliphatic heterocycles. The van der Waals surface area contributed by atoms with Gasteiger partial charge in [0.25, 0.3) is 0 Å². The summed E-state index contributed by atoms with van der Waals surface area (Å²) in [6.07, 6.45) is 5.19. The van der Waals surface area contributed by atoms with Crippen molar-refractivity contribution < 1.29 is 9.53 Å². The van der Waals surface area contributed by atoms with Crippen molar-refractivity contribution in [1.29, 1.82) is 0 Å². The van der Waals surface area contributed by atoms with E-state index >= 15 is 0 Å². The summed E-state index contributed by atoms with van der Waals surface area (Å²) < 4.78 is 7.04. The van der Waals surface area contributed by atoms with Gasteiger partial charge in [0.15, 0.2) is 0 Å². The molecule has 1 amide bonds. The van der Waals surface area contributed by atoms with Crippen LogP contribution in [0.4, 0.5) is 0 Å². The smallest absolute Gasteiger partial charge is 0.245 e. The number of methoxy groups -OCH3 is 1. The fraction of sp³-hybridized carbons (Fsp3) is 0.667. The largest absolute Gasteiger partial charge is 0.375 e. The Balaban J connectivity index is 1.84. The zero-order chi connectivity index (χ0) is 12.3. The van der Waals surface area contributed by atoms with Gasteiger partial charge in [0, 0.05) is 38.0 Å². The number of ether oxygens (including phenoxy) is 1. The number of imidazole rings is 1. The third kappa shape index (κ3) is 3.06. The molecule has 0 spiro atoms. The van der Waals surface area contributed by atoms with Crippen LogP contribution in [-0.4, -0.2) is 35.7 Å². The molecule has 0 saturated heterocycles. The van der Waals surface area contributed by atoms with E-state index in [0.717, 1.165) is 12.2 Å². The van der Waals surface area contributed by atoms with Gasteiger partial charge in [-0.3, -0.25) is 4.79 Å². The summed E-state index contributed by atoms with van der Waals surface area (Å²) in [6.45, 7) is 2.82. The van der Waals surface area contributed by atoms with Crippen molar-refractivity contribution in [3.05, 3.63) is 17.7 Å². The van der Waals surface area contributed by atoms with Crippen LogP contribution in [0.25, 0.3) is 0 Å². The summed E-state index contributed by atoms with van der Waals surface area (Å²) in [5.74, 6) is 0.997. The molecule has 0 radical (unpaired) electrons. The number of nitrogens with zero attached hydrogens (tertiary/aromatic N) is 2. The average Bonchev–Trinajstić information content (AvgIpc) is 3.05. The molecule has 17 heavy (non-hydrogen) atoms. The third-order valence-corrected chi connectivity index (χ3v) is 2.92. The number of aryl methyl sites for hydroxylation is 1. The number of hydrogen-bond donors (Lipinski definition) is 1. The highest BCUT2D eigenvalue weighted by molar-refractivity contribution is 5.77. The molecule has 2 rings (SSSR count). The van der Waals surface area contributed by atoms with Crippen LogP contribution in [0, 0.1) is 6.92 Å². The van der Waals surface area contributed by atoms with Crippen molar-refractivity contribution in [3.8, 4) is 0 Å². The van der Waals surface area contributed by atoms with Gasteiger partial charge in [0.1, 0.15) is 12.4 Å². The van der Waals surface area contributed by atoms with Gasteiger partial charge < -0.3 is 14.6 Å². The van der Waals surface area contributed by atoms with Crippen LogP contribution >= 0.6 is 0 Å². The molecule has 0 atom stereocenters. The van der Waals surface area contributed by atoms with E-state index in [9.17, 15) is 4.79 Å². The van der Waals surface area contributed by atoms with Crippen molar-refractivity contribution in [2.75, 3.05) is 20.3 Å². The first-order chi connectivity index (χ1) is 8.22.